The number of phenolic OH excluding ortho intramolecular Hbond substituents is 1. The Hall–Kier alpha value is -2.50. The van der Waals surface area contributed by atoms with E-state index in [4.69, 9.17) is 0 Å². The first-order chi connectivity index (χ1) is 12.2. The summed E-state index contributed by atoms with van der Waals surface area (Å²) >= 11 is 0. The minimum atomic E-state index is 0.0284. The number of piperazine rings is 1. The van der Waals surface area contributed by atoms with E-state index in [2.05, 4.69) is 23.1 Å². The van der Waals surface area contributed by atoms with E-state index in [1.54, 1.807) is 11.1 Å². The summed E-state index contributed by atoms with van der Waals surface area (Å²) in [7, 11) is 2.24. The number of aromatic hydroxyl groups is 1. The summed E-state index contributed by atoms with van der Waals surface area (Å²) in [5.74, 6) is 0.285. The summed E-state index contributed by atoms with van der Waals surface area (Å²) in [5.41, 5.74) is 2.59. The van der Waals surface area contributed by atoms with Gasteiger partial charge in [0.05, 0.1) is 12.6 Å². The van der Waals surface area contributed by atoms with Crippen LogP contribution in [-0.4, -0.2) is 48.3 Å². The number of pyridine rings is 2. The molecule has 2 aromatic heterocycles. The van der Waals surface area contributed by atoms with Gasteiger partial charge in [-0.3, -0.25) is 9.97 Å². The lowest BCUT2D eigenvalue weighted by atomic mass is 9.97. The molecule has 1 aliphatic rings. The molecule has 0 bridgehead atoms. The van der Waals surface area contributed by atoms with E-state index in [-0.39, 0.29) is 11.8 Å². The lowest BCUT2D eigenvalue weighted by Gasteiger charge is -2.33. The van der Waals surface area contributed by atoms with Crippen LogP contribution in [0, 0.1) is 0 Å². The van der Waals surface area contributed by atoms with E-state index in [1.165, 1.54) is 4.90 Å². The third-order valence-corrected chi connectivity index (χ3v) is 5.23. The van der Waals surface area contributed by atoms with Gasteiger partial charge >= 0.3 is 0 Å². The summed E-state index contributed by atoms with van der Waals surface area (Å²) in [6, 6.07) is 14.0. The molecule has 5 heteroatoms. The molecule has 1 saturated heterocycles. The molecule has 3 heterocycles. The molecule has 0 saturated carbocycles. The summed E-state index contributed by atoms with van der Waals surface area (Å²) in [4.78, 5) is 12.0. The van der Waals surface area contributed by atoms with Crippen LogP contribution >= 0.6 is 0 Å². The molecular weight excluding hydrogens is 312 g/mol. The Bertz CT molecular complexity index is 860. The SMILES string of the molecule is C[NH+]1CC[NH+]([C@H](c2ccccn2)c2ccc3cccnc3c2O)CC1. The molecule has 0 amide bonds. The average Bonchev–Trinajstić information content (AvgIpc) is 2.66. The second kappa shape index (κ2) is 6.78. The molecule has 0 aliphatic carbocycles. The second-order valence-electron chi connectivity index (χ2n) is 6.88. The van der Waals surface area contributed by atoms with Gasteiger partial charge in [0.15, 0.2) is 11.8 Å². The predicted molar refractivity (Wildman–Crippen MR) is 96.8 cm³/mol. The molecule has 4 rings (SSSR count). The zero-order valence-corrected chi connectivity index (χ0v) is 14.4. The monoisotopic (exact) mass is 336 g/mol. The second-order valence-corrected chi connectivity index (χ2v) is 6.88. The van der Waals surface area contributed by atoms with Crippen molar-refractivity contribution in [1.82, 2.24) is 9.97 Å². The van der Waals surface area contributed by atoms with Crippen LogP contribution in [0.4, 0.5) is 0 Å². The van der Waals surface area contributed by atoms with Gasteiger partial charge in [0.2, 0.25) is 0 Å². The minimum Gasteiger partial charge on any atom is -0.505 e. The summed E-state index contributed by atoms with van der Waals surface area (Å²) in [6.45, 7) is 4.38. The molecular formula is C20H24N4O+2. The van der Waals surface area contributed by atoms with Crippen molar-refractivity contribution in [2.24, 2.45) is 0 Å². The molecule has 1 fully saturated rings. The van der Waals surface area contributed by atoms with Gasteiger partial charge in [-0.05, 0) is 24.3 Å². The normalized spacial score (nSPS) is 22.0. The highest BCUT2D eigenvalue weighted by Gasteiger charge is 2.33. The van der Waals surface area contributed by atoms with E-state index in [1.807, 2.05) is 42.6 Å². The van der Waals surface area contributed by atoms with Gasteiger partial charge in [-0.25, -0.2) is 0 Å². The van der Waals surface area contributed by atoms with Gasteiger partial charge in [0, 0.05) is 17.8 Å². The van der Waals surface area contributed by atoms with Crippen molar-refractivity contribution in [3.05, 3.63) is 66.1 Å². The van der Waals surface area contributed by atoms with Crippen LogP contribution < -0.4 is 9.80 Å². The molecule has 5 nitrogen and oxygen atoms in total. The van der Waals surface area contributed by atoms with Crippen LogP contribution in [0.15, 0.2) is 54.9 Å². The van der Waals surface area contributed by atoms with Gasteiger partial charge in [-0.2, -0.15) is 0 Å². The van der Waals surface area contributed by atoms with Crippen LogP contribution in [0.3, 0.4) is 0 Å². The number of hydrogen-bond acceptors (Lipinski definition) is 3. The topological polar surface area (TPSA) is 54.9 Å². The van der Waals surface area contributed by atoms with Gasteiger partial charge in [0.1, 0.15) is 37.4 Å². The fourth-order valence-corrected chi connectivity index (χ4v) is 3.80. The van der Waals surface area contributed by atoms with Crippen molar-refractivity contribution in [3.8, 4) is 5.75 Å². The minimum absolute atomic E-state index is 0.0284. The number of aromatic nitrogens is 2. The zero-order valence-electron chi connectivity index (χ0n) is 14.4. The molecule has 1 aliphatic heterocycles. The molecule has 1 atom stereocenters. The van der Waals surface area contributed by atoms with Crippen molar-refractivity contribution in [2.45, 2.75) is 6.04 Å². The van der Waals surface area contributed by atoms with E-state index >= 15 is 0 Å². The van der Waals surface area contributed by atoms with Crippen LogP contribution in [0.1, 0.15) is 17.3 Å². The van der Waals surface area contributed by atoms with Gasteiger partial charge in [-0.15, -0.1) is 0 Å². The largest absolute Gasteiger partial charge is 0.505 e. The molecule has 1 aromatic carbocycles. The Morgan fingerprint density at radius 3 is 2.48 bits per heavy atom. The highest BCUT2D eigenvalue weighted by molar-refractivity contribution is 5.85. The quantitative estimate of drug-likeness (QED) is 0.623. The number of hydrogen-bond donors (Lipinski definition) is 3. The van der Waals surface area contributed by atoms with E-state index in [0.29, 0.717) is 5.52 Å². The molecule has 0 spiro atoms. The van der Waals surface area contributed by atoms with Crippen molar-refractivity contribution in [1.29, 1.82) is 0 Å². The number of phenols is 1. The highest BCUT2D eigenvalue weighted by atomic mass is 16.3. The first-order valence-corrected chi connectivity index (χ1v) is 8.87. The summed E-state index contributed by atoms with van der Waals surface area (Å²) < 4.78 is 0. The molecule has 128 valence electrons. The lowest BCUT2D eigenvalue weighted by Crippen LogP contribution is -3.27. The fraction of sp³-hybridized carbons (Fsp3) is 0.300. The van der Waals surface area contributed by atoms with Crippen LogP contribution in [0.5, 0.6) is 5.75 Å². The lowest BCUT2D eigenvalue weighted by molar-refractivity contribution is -1.02. The number of nitrogens with one attached hydrogen (secondary N) is 2. The van der Waals surface area contributed by atoms with E-state index in [9.17, 15) is 5.11 Å². The number of rotatable bonds is 3. The van der Waals surface area contributed by atoms with Crippen molar-refractivity contribution in [2.75, 3.05) is 33.2 Å². The number of benzene rings is 1. The Morgan fingerprint density at radius 2 is 1.72 bits per heavy atom. The third-order valence-electron chi connectivity index (χ3n) is 5.23. The van der Waals surface area contributed by atoms with Gasteiger partial charge in [-0.1, -0.05) is 18.2 Å². The number of quaternary nitrogens is 2. The molecule has 0 unspecified atom stereocenters. The van der Waals surface area contributed by atoms with Crippen molar-refractivity contribution in [3.63, 3.8) is 0 Å². The Morgan fingerprint density at radius 1 is 0.920 bits per heavy atom. The molecule has 3 aromatic rings. The van der Waals surface area contributed by atoms with E-state index < -0.39 is 0 Å². The smallest absolute Gasteiger partial charge is 0.160 e. The molecule has 25 heavy (non-hydrogen) atoms. The zero-order chi connectivity index (χ0) is 17.2. The van der Waals surface area contributed by atoms with E-state index in [0.717, 1.165) is 42.8 Å². The number of fused-ring (bicyclic) bond motifs is 1. The van der Waals surface area contributed by atoms with Crippen molar-refractivity contribution < 1.29 is 14.9 Å². The third kappa shape index (κ3) is 3.08. The first kappa shape index (κ1) is 16.0. The first-order valence-electron chi connectivity index (χ1n) is 8.87. The van der Waals surface area contributed by atoms with Crippen LogP contribution in [0.2, 0.25) is 0 Å². The standard InChI is InChI=1S/C20H22N4O/c1-23-11-13-24(14-12-23)19(17-6-2-3-9-21-17)16-8-7-15-5-4-10-22-18(15)20(16)25/h2-10,19,25H,11-14H2,1H3/p+2/t19-/m0/s1. The maximum Gasteiger partial charge on any atom is 0.160 e. The highest BCUT2D eigenvalue weighted by Crippen LogP contribution is 2.32. The van der Waals surface area contributed by atoms with Crippen molar-refractivity contribution >= 4 is 10.9 Å². The molecule has 3 N–H and O–H groups in total. The maximum absolute atomic E-state index is 11.0. The maximum atomic E-state index is 11.0. The van der Waals surface area contributed by atoms with Crippen LogP contribution in [0.25, 0.3) is 10.9 Å². The number of likely N-dealkylation sites (N-methyl/N-ethyl adjacent to an activating group) is 1. The number of nitrogens with zero attached hydrogens (tertiary/aromatic N) is 2. The predicted octanol–water partition coefficient (Wildman–Crippen LogP) is -0.162. The summed E-state index contributed by atoms with van der Waals surface area (Å²) in [5, 5.41) is 11.9. The molecule has 0 radical (unpaired) electrons. The average molecular weight is 336 g/mol. The summed E-state index contributed by atoms with van der Waals surface area (Å²) in [6.07, 6.45) is 3.56. The Kier molecular flexibility index (Phi) is 4.34. The Balaban J connectivity index is 1.82. The Labute approximate surface area is 147 Å². The van der Waals surface area contributed by atoms with Gasteiger partial charge in [0.25, 0.3) is 0 Å². The van der Waals surface area contributed by atoms with Gasteiger partial charge < -0.3 is 14.9 Å². The van der Waals surface area contributed by atoms with Crippen LogP contribution in [-0.2, 0) is 0 Å². The fourth-order valence-electron chi connectivity index (χ4n) is 3.80.